The molecule has 0 unspecified atom stereocenters. The summed E-state index contributed by atoms with van der Waals surface area (Å²) in [4.78, 5) is 109. The number of carbonyl (C=O) groups excluding carboxylic acids is 8. The van der Waals surface area contributed by atoms with Crippen LogP contribution in [0.25, 0.3) is 0 Å². The highest BCUT2D eigenvalue weighted by atomic mass is 16.6. The zero-order valence-electron chi connectivity index (χ0n) is 86.3. The average Bonchev–Trinajstić information content (AvgIpc) is 0.759. The lowest BCUT2D eigenvalue weighted by molar-refractivity contribution is -0.119. The van der Waals surface area contributed by atoms with Crippen molar-refractivity contribution >= 4 is 46.9 Å². The van der Waals surface area contributed by atoms with Crippen LogP contribution in [0, 0.1) is 0 Å². The van der Waals surface area contributed by atoms with Crippen LogP contribution >= 0.6 is 0 Å². The number of amides is 2. The molecule has 0 heterocycles. The van der Waals surface area contributed by atoms with Gasteiger partial charge in [0.2, 0.25) is 0 Å². The van der Waals surface area contributed by atoms with Gasteiger partial charge in [0, 0.05) is 86.7 Å². The SMILES string of the molecule is CC(=O)COc1c2cc(C(C)(C)C)cc1Cc1cc(C(C)(C)C)cc(c1OCC(C)=O)Cc1cc(C(C)(C)C)cc(c1OC(=O)NCCCCCCCCNC(=O)Oc1c3cc(C(C)(C)C)cc1Cc1cc(C(C)(C)C)cc(c1OCC(C)=O)Cc1cc(C(C)(C)C)cc(c1OCC(C)=O)Cc1cc(C(C)(C)C)cc(c1OCC(C)=O)C3)Cc1cc(C(C)(C)C)cc(c1OCC(C)=O)C2. The molecule has 0 saturated carbocycles. The monoisotopic (exact) mass is 1830 g/mol. The lowest BCUT2D eigenvalue weighted by atomic mass is 9.79. The molecular formula is C116H152N2O16. The third kappa shape index (κ3) is 28.4. The van der Waals surface area contributed by atoms with Gasteiger partial charge in [-0.05, 0) is 209 Å². The van der Waals surface area contributed by atoms with Crippen molar-refractivity contribution in [3.63, 3.8) is 0 Å². The molecule has 0 aliphatic heterocycles. The molecule has 134 heavy (non-hydrogen) atoms. The first kappa shape index (κ1) is 105. The number of ether oxygens (including phenoxy) is 8. The first-order valence-electron chi connectivity index (χ1n) is 48.1. The van der Waals surface area contributed by atoms with E-state index >= 15 is 0 Å². The maximum absolute atomic E-state index is 15.0. The predicted molar refractivity (Wildman–Crippen MR) is 536 cm³/mol. The molecule has 18 nitrogen and oxygen atoms in total. The van der Waals surface area contributed by atoms with Gasteiger partial charge in [-0.2, -0.15) is 0 Å². The molecule has 0 aromatic heterocycles. The fraction of sp³-hybridized carbons (Fsp3) is 0.517. The van der Waals surface area contributed by atoms with Crippen molar-refractivity contribution < 1.29 is 76.3 Å². The van der Waals surface area contributed by atoms with E-state index in [-0.39, 0.29) is 133 Å². The van der Waals surface area contributed by atoms with Crippen LogP contribution < -0.4 is 48.5 Å². The summed E-state index contributed by atoms with van der Waals surface area (Å²) in [5.74, 6) is 3.05. The molecule has 2 aliphatic rings. The number of ketones is 6. The van der Waals surface area contributed by atoms with Crippen molar-refractivity contribution in [1.82, 2.24) is 10.6 Å². The molecule has 0 saturated heterocycles. The number of benzene rings is 8. The molecule has 8 aromatic carbocycles. The third-order valence-corrected chi connectivity index (χ3v) is 25.0. The second kappa shape index (κ2) is 42.6. The molecule has 18 heteroatoms. The largest absolute Gasteiger partial charge is 0.485 e. The van der Waals surface area contributed by atoms with E-state index in [1.807, 2.05) is 0 Å². The lowest BCUT2D eigenvalue weighted by Crippen LogP contribution is -2.29. The Morgan fingerprint density at radius 2 is 0.321 bits per heavy atom. The maximum Gasteiger partial charge on any atom is 0.412 e. The number of nitrogens with one attached hydrogen (secondary N) is 2. The van der Waals surface area contributed by atoms with Gasteiger partial charge in [0.15, 0.2) is 34.7 Å². The van der Waals surface area contributed by atoms with Crippen LogP contribution in [0.4, 0.5) is 9.59 Å². The number of rotatable bonds is 29. The number of hydrogen-bond acceptors (Lipinski definition) is 16. The van der Waals surface area contributed by atoms with E-state index in [4.69, 9.17) is 37.9 Å². The summed E-state index contributed by atoms with van der Waals surface area (Å²) >= 11 is 0. The quantitative estimate of drug-likeness (QED) is 0.0415. The molecule has 0 radical (unpaired) electrons. The van der Waals surface area contributed by atoms with Gasteiger partial charge in [-0.1, -0.05) is 289 Å². The van der Waals surface area contributed by atoms with Gasteiger partial charge >= 0.3 is 12.2 Å². The highest BCUT2D eigenvalue weighted by Crippen LogP contribution is 2.49. The summed E-state index contributed by atoms with van der Waals surface area (Å²) in [6, 6.07) is 34.4. The lowest BCUT2D eigenvalue weighted by Gasteiger charge is -2.29. The van der Waals surface area contributed by atoms with E-state index in [0.29, 0.717) is 97.6 Å². The Morgan fingerprint density at radius 3 is 0.440 bits per heavy atom. The minimum Gasteiger partial charge on any atom is -0.485 e. The van der Waals surface area contributed by atoms with E-state index in [9.17, 15) is 38.4 Å². The smallest absolute Gasteiger partial charge is 0.412 e. The third-order valence-electron chi connectivity index (χ3n) is 25.0. The summed E-state index contributed by atoms with van der Waals surface area (Å²) in [6.45, 7) is 60.6. The van der Waals surface area contributed by atoms with Gasteiger partial charge in [-0.3, -0.25) is 28.8 Å². The van der Waals surface area contributed by atoms with E-state index in [1.165, 1.54) is 41.5 Å². The standard InChI is InChI=1S/C116H152N2O16/c1-69(119)63-127-99-75-39-79-51-93(111(13,14)15)55-83(101(79)129-65-71(3)121)43-87-59-97(115(25,26)27)60-88(44-84-56-94(112(16,17)18)52-80(102(84)130-66-72(4)122)40-76(99)48-91(47-75)109(7,8)9)105(87)133-107(125)117-37-35-33-31-32-34-36-38-118-108(126)134-106-89-45-85-57-95(113(19,20)21)53-81(103(85)131-67-73(5)123)41-77-49-92(110(10,11)12)50-78(100(77)128-64-70(2)120)42-82-54-96(114(22,23)24)58-86(104(82)132-68-74(6)124)46-90(106)62-98(61-89)116(28,29)30/h47-62H,31-46,63-68H2,1-30H3,(H,117,125)(H,118,126). The van der Waals surface area contributed by atoms with Crippen molar-refractivity contribution in [1.29, 1.82) is 0 Å². The van der Waals surface area contributed by atoms with Gasteiger partial charge in [0.1, 0.15) is 85.6 Å². The van der Waals surface area contributed by atoms with Crippen LogP contribution in [0.15, 0.2) is 97.1 Å². The van der Waals surface area contributed by atoms with Gasteiger partial charge in [-0.15, -0.1) is 0 Å². The van der Waals surface area contributed by atoms with Crippen molar-refractivity contribution in [3.05, 3.63) is 231 Å². The first-order chi connectivity index (χ1) is 62.2. The molecular weight excluding hydrogens is 1680 g/mol. The molecule has 722 valence electrons. The Bertz CT molecular complexity index is 5120. The van der Waals surface area contributed by atoms with E-state index < -0.39 is 23.0 Å². The molecule has 2 aliphatic carbocycles. The Balaban J connectivity index is 0.959. The zero-order valence-corrected chi connectivity index (χ0v) is 86.3. The Labute approximate surface area is 799 Å². The van der Waals surface area contributed by atoms with Crippen molar-refractivity contribution in [2.45, 2.75) is 341 Å². The molecule has 2 N–H and O–H groups in total. The average molecular weight is 1830 g/mol. The fourth-order valence-electron chi connectivity index (χ4n) is 17.3. The van der Waals surface area contributed by atoms with Crippen LogP contribution in [0.1, 0.15) is 380 Å². The molecule has 0 atom stereocenters. The highest BCUT2D eigenvalue weighted by Gasteiger charge is 2.36. The van der Waals surface area contributed by atoms with Crippen LogP contribution in [0.5, 0.6) is 46.0 Å². The minimum atomic E-state index is -0.627. The first-order valence-corrected chi connectivity index (χ1v) is 48.1. The van der Waals surface area contributed by atoms with Gasteiger partial charge in [0.25, 0.3) is 0 Å². The normalized spacial score (nSPS) is 13.3. The van der Waals surface area contributed by atoms with Gasteiger partial charge in [0.05, 0.1) is 0 Å². The summed E-state index contributed by atoms with van der Waals surface area (Å²) in [6.07, 6.45) is 5.42. The summed E-state index contributed by atoms with van der Waals surface area (Å²) in [5, 5.41) is 6.26. The number of hydrogen-bond donors (Lipinski definition) is 2. The number of fused-ring (bicyclic) bond motifs is 16. The topological polar surface area (TPSA) is 234 Å². The summed E-state index contributed by atoms with van der Waals surface area (Å²) < 4.78 is 54.3. The summed E-state index contributed by atoms with van der Waals surface area (Å²) in [7, 11) is 0. The van der Waals surface area contributed by atoms with Crippen LogP contribution in [-0.4, -0.2) is 99.6 Å². The maximum atomic E-state index is 15.0. The fourth-order valence-corrected chi connectivity index (χ4v) is 17.3. The van der Waals surface area contributed by atoms with Crippen LogP contribution in [0.2, 0.25) is 0 Å². The molecule has 2 amide bonds. The second-order valence-electron chi connectivity index (χ2n) is 46.1. The zero-order chi connectivity index (χ0) is 99.0. The van der Waals surface area contributed by atoms with Crippen molar-refractivity contribution in [3.8, 4) is 46.0 Å². The van der Waals surface area contributed by atoms with Gasteiger partial charge in [-0.25, -0.2) is 9.59 Å². The van der Waals surface area contributed by atoms with Crippen LogP contribution in [0.3, 0.4) is 0 Å². The molecule has 16 bridgehead atoms. The Morgan fingerprint density at radius 1 is 0.201 bits per heavy atom. The minimum absolute atomic E-state index is 0.145. The second-order valence-corrected chi connectivity index (χ2v) is 46.1. The molecule has 0 spiro atoms. The molecule has 0 fully saturated rings. The van der Waals surface area contributed by atoms with E-state index in [1.54, 1.807) is 0 Å². The number of carbonyl (C=O) groups is 8. The van der Waals surface area contributed by atoms with Crippen LogP contribution in [-0.2, 0) is 123 Å². The Hall–Kier alpha value is -10.9. The number of Topliss-reactive ketones (excluding diaryl/α,β-unsaturated/α-hetero) is 6. The van der Waals surface area contributed by atoms with E-state index in [0.717, 1.165) is 159 Å². The number of unbranched alkanes of at least 4 members (excludes halogenated alkanes) is 5. The van der Waals surface area contributed by atoms with Crippen molar-refractivity contribution in [2.75, 3.05) is 52.7 Å². The van der Waals surface area contributed by atoms with E-state index in [2.05, 4.69) is 274 Å². The predicted octanol–water partition coefficient (Wildman–Crippen LogP) is 24.4. The molecule has 8 aromatic rings. The van der Waals surface area contributed by atoms with Crippen molar-refractivity contribution in [2.24, 2.45) is 0 Å². The summed E-state index contributed by atoms with van der Waals surface area (Å²) in [5.41, 5.74) is 17.7. The highest BCUT2D eigenvalue weighted by molar-refractivity contribution is 5.81. The van der Waals surface area contributed by atoms with Gasteiger partial charge < -0.3 is 48.5 Å². The Kier molecular flexibility index (Phi) is 33.4. The molecule has 10 rings (SSSR count).